The highest BCUT2D eigenvalue weighted by molar-refractivity contribution is 7.25. The summed E-state index contributed by atoms with van der Waals surface area (Å²) in [5.41, 5.74) is 13.6. The van der Waals surface area contributed by atoms with E-state index in [4.69, 9.17) is 15.0 Å². The molecule has 9 aromatic rings. The number of nitrogens with zero attached hydrogens (tertiary/aromatic N) is 3. The van der Waals surface area contributed by atoms with E-state index in [2.05, 4.69) is 159 Å². The van der Waals surface area contributed by atoms with Crippen LogP contribution in [0, 0.1) is 6.92 Å². The Labute approximate surface area is 311 Å². The lowest BCUT2D eigenvalue weighted by atomic mass is 9.65. The minimum Gasteiger partial charge on any atom is -0.208 e. The maximum absolute atomic E-state index is 5.19. The van der Waals surface area contributed by atoms with Crippen LogP contribution in [-0.2, 0) is 5.41 Å². The van der Waals surface area contributed by atoms with E-state index in [1.54, 1.807) is 0 Å². The fourth-order valence-electron chi connectivity index (χ4n) is 8.68. The number of hydrogen-bond acceptors (Lipinski definition) is 4. The van der Waals surface area contributed by atoms with Crippen molar-refractivity contribution in [2.45, 2.75) is 12.3 Å². The molecule has 0 N–H and O–H groups in total. The molecule has 1 spiro atoms. The molecule has 11 rings (SSSR count). The van der Waals surface area contributed by atoms with Crippen molar-refractivity contribution in [3.05, 3.63) is 197 Å². The summed E-state index contributed by atoms with van der Waals surface area (Å²) in [7, 11) is 0. The molecule has 0 bridgehead atoms. The van der Waals surface area contributed by atoms with E-state index in [9.17, 15) is 0 Å². The summed E-state index contributed by atoms with van der Waals surface area (Å²) < 4.78 is 2.62. The zero-order chi connectivity index (χ0) is 35.1. The summed E-state index contributed by atoms with van der Waals surface area (Å²) in [5.74, 6) is 1.98. The van der Waals surface area contributed by atoms with Crippen molar-refractivity contribution in [2.24, 2.45) is 0 Å². The van der Waals surface area contributed by atoms with Gasteiger partial charge < -0.3 is 0 Å². The number of benzene rings is 7. The minimum atomic E-state index is -0.573. The van der Waals surface area contributed by atoms with E-state index >= 15 is 0 Å². The summed E-state index contributed by atoms with van der Waals surface area (Å²) in [5, 5.41) is 2.63. The van der Waals surface area contributed by atoms with Crippen molar-refractivity contribution in [1.29, 1.82) is 0 Å². The summed E-state index contributed by atoms with van der Waals surface area (Å²) in [6, 6.07) is 57.1. The van der Waals surface area contributed by atoms with Crippen LogP contribution >= 0.6 is 11.3 Å². The van der Waals surface area contributed by atoms with Crippen LogP contribution in [-0.4, -0.2) is 15.0 Å². The molecule has 7 aromatic carbocycles. The number of fused-ring (bicyclic) bond motifs is 12. The molecule has 0 saturated heterocycles. The third kappa shape index (κ3) is 4.49. The van der Waals surface area contributed by atoms with E-state index in [0.29, 0.717) is 17.5 Å². The van der Waals surface area contributed by atoms with Crippen LogP contribution in [0.3, 0.4) is 0 Å². The lowest BCUT2D eigenvalue weighted by Crippen LogP contribution is -2.30. The Hall–Kier alpha value is -6.49. The lowest BCUT2D eigenvalue weighted by molar-refractivity contribution is 0.767. The van der Waals surface area contributed by atoms with E-state index in [-0.39, 0.29) is 0 Å². The highest BCUT2D eigenvalue weighted by Gasteiger charge is 2.49. The van der Waals surface area contributed by atoms with Gasteiger partial charge in [0.1, 0.15) is 0 Å². The van der Waals surface area contributed by atoms with Gasteiger partial charge in [0, 0.05) is 36.9 Å². The number of thiophene rings is 1. The van der Waals surface area contributed by atoms with Gasteiger partial charge in [0.25, 0.3) is 0 Å². The van der Waals surface area contributed by atoms with Crippen LogP contribution in [0.15, 0.2) is 158 Å². The van der Waals surface area contributed by atoms with Crippen LogP contribution in [0.1, 0.15) is 38.9 Å². The van der Waals surface area contributed by atoms with Crippen molar-refractivity contribution >= 4 is 43.7 Å². The smallest absolute Gasteiger partial charge is 0.164 e. The molecule has 0 radical (unpaired) electrons. The van der Waals surface area contributed by atoms with Crippen molar-refractivity contribution in [3.63, 3.8) is 0 Å². The summed E-state index contributed by atoms with van der Waals surface area (Å²) in [4.78, 5) is 15.4. The third-order valence-corrected chi connectivity index (χ3v) is 12.1. The molecule has 0 amide bonds. The Balaban J connectivity index is 1.22. The first kappa shape index (κ1) is 30.2. The third-order valence-electron chi connectivity index (χ3n) is 11.0. The Morgan fingerprint density at radius 1 is 0.415 bits per heavy atom. The van der Waals surface area contributed by atoms with Gasteiger partial charge in [-0.05, 0) is 81.8 Å². The van der Waals surface area contributed by atoms with E-state index in [0.717, 1.165) is 22.3 Å². The van der Waals surface area contributed by atoms with E-state index < -0.39 is 5.41 Å². The second-order valence-electron chi connectivity index (χ2n) is 14.1. The molecule has 1 atom stereocenters. The van der Waals surface area contributed by atoms with Gasteiger partial charge in [0.05, 0.1) is 5.41 Å². The minimum absolute atomic E-state index is 0.573. The predicted molar refractivity (Wildman–Crippen MR) is 220 cm³/mol. The lowest BCUT2D eigenvalue weighted by Gasteiger charge is -2.35. The number of hydrogen-bond donors (Lipinski definition) is 0. The van der Waals surface area contributed by atoms with Crippen LogP contribution in [0.4, 0.5) is 0 Å². The van der Waals surface area contributed by atoms with Crippen LogP contribution in [0.25, 0.3) is 77.6 Å². The quantitative estimate of drug-likeness (QED) is 0.185. The second kappa shape index (κ2) is 11.5. The summed E-state index contributed by atoms with van der Waals surface area (Å²) in [6.07, 6.45) is 4.57. The average molecular weight is 694 g/mol. The predicted octanol–water partition coefficient (Wildman–Crippen LogP) is 12.4. The van der Waals surface area contributed by atoms with Crippen molar-refractivity contribution in [2.75, 3.05) is 0 Å². The van der Waals surface area contributed by atoms with Gasteiger partial charge in [-0.2, -0.15) is 0 Å². The maximum Gasteiger partial charge on any atom is 0.164 e. The molecule has 53 heavy (non-hydrogen) atoms. The monoisotopic (exact) mass is 693 g/mol. The first-order chi connectivity index (χ1) is 26.1. The SMILES string of the molecule is Cc1cccc(-c2nc(-c3ccccc3)nc(-c3ccc4c(c3)C3(c5ccccc5C=C4)c4ccccc4-c4cc5c(cc43)sc3ccccc35)n2)c1. The summed E-state index contributed by atoms with van der Waals surface area (Å²) in [6.45, 7) is 2.10. The second-order valence-corrected chi connectivity index (χ2v) is 15.1. The molecular formula is C49H31N3S. The van der Waals surface area contributed by atoms with Gasteiger partial charge in [0.2, 0.25) is 0 Å². The van der Waals surface area contributed by atoms with Gasteiger partial charge in [-0.15, -0.1) is 11.3 Å². The topological polar surface area (TPSA) is 38.7 Å². The molecule has 0 fully saturated rings. The van der Waals surface area contributed by atoms with Gasteiger partial charge in [-0.1, -0.05) is 145 Å². The molecule has 2 aliphatic carbocycles. The first-order valence-corrected chi connectivity index (χ1v) is 18.8. The molecule has 2 heterocycles. The van der Waals surface area contributed by atoms with Crippen LogP contribution in [0.2, 0.25) is 0 Å². The fraction of sp³-hybridized carbons (Fsp3) is 0.0408. The highest BCUT2D eigenvalue weighted by atomic mass is 32.1. The molecule has 3 nitrogen and oxygen atoms in total. The van der Waals surface area contributed by atoms with E-state index in [1.807, 2.05) is 29.5 Å². The number of aromatic nitrogens is 3. The van der Waals surface area contributed by atoms with Crippen molar-refractivity contribution < 1.29 is 0 Å². The van der Waals surface area contributed by atoms with Gasteiger partial charge in [-0.25, -0.2) is 15.0 Å². The maximum atomic E-state index is 5.19. The van der Waals surface area contributed by atoms with Gasteiger partial charge in [-0.3, -0.25) is 0 Å². The van der Waals surface area contributed by atoms with Crippen molar-refractivity contribution in [3.8, 4) is 45.3 Å². The average Bonchev–Trinajstić information content (AvgIpc) is 3.67. The van der Waals surface area contributed by atoms with Crippen molar-refractivity contribution in [1.82, 2.24) is 15.0 Å². The molecule has 248 valence electrons. The number of aryl methyl sites for hydroxylation is 1. The van der Waals surface area contributed by atoms with E-state index in [1.165, 1.54) is 64.7 Å². The molecule has 2 aromatic heterocycles. The Morgan fingerprint density at radius 2 is 1.08 bits per heavy atom. The highest BCUT2D eigenvalue weighted by Crippen LogP contribution is 2.60. The first-order valence-electron chi connectivity index (χ1n) is 18.0. The number of rotatable bonds is 3. The molecule has 1 unspecified atom stereocenters. The zero-order valence-electron chi connectivity index (χ0n) is 28.9. The molecule has 0 saturated carbocycles. The van der Waals surface area contributed by atoms with Crippen LogP contribution < -0.4 is 0 Å². The molecule has 2 aliphatic rings. The zero-order valence-corrected chi connectivity index (χ0v) is 29.7. The summed E-state index contributed by atoms with van der Waals surface area (Å²) >= 11 is 1.88. The largest absolute Gasteiger partial charge is 0.208 e. The Bertz CT molecular complexity index is 2980. The van der Waals surface area contributed by atoms with Gasteiger partial charge in [0.15, 0.2) is 17.5 Å². The normalized spacial score (nSPS) is 15.3. The van der Waals surface area contributed by atoms with Gasteiger partial charge >= 0.3 is 0 Å². The fourth-order valence-corrected chi connectivity index (χ4v) is 9.81. The molecular weight excluding hydrogens is 663 g/mol. The standard InChI is InChI=1S/C49H31N3S/c1-30-12-11-16-34(26-30)47-50-46(33-14-3-2-4-15-33)51-48(52-47)35-25-24-32-23-22-31-13-5-8-19-40(31)49(42(32)27-35)41-20-9-6-17-36(41)38-28-39-37-18-7-10-21-44(37)53-45(39)29-43(38)49/h2-29H,1H3. The molecule has 0 aliphatic heterocycles. The Kier molecular flexibility index (Phi) is 6.55. The Morgan fingerprint density at radius 3 is 1.91 bits per heavy atom. The molecule has 4 heteroatoms. The van der Waals surface area contributed by atoms with Crippen LogP contribution in [0.5, 0.6) is 0 Å².